The summed E-state index contributed by atoms with van der Waals surface area (Å²) in [7, 11) is 0. The first-order chi connectivity index (χ1) is 21.7. The minimum absolute atomic E-state index is 0.0770. The summed E-state index contributed by atoms with van der Waals surface area (Å²) >= 11 is 0. The molecule has 0 radical (unpaired) electrons. The Morgan fingerprint density at radius 2 is 1.69 bits per heavy atom. The number of hydrogen-bond donors (Lipinski definition) is 2. The summed E-state index contributed by atoms with van der Waals surface area (Å²) in [6, 6.07) is 23.9. The van der Waals surface area contributed by atoms with E-state index in [9.17, 15) is 18.0 Å². The number of benzene rings is 3. The predicted molar refractivity (Wildman–Crippen MR) is 171 cm³/mol. The van der Waals surface area contributed by atoms with Crippen molar-refractivity contribution in [3.63, 3.8) is 0 Å². The lowest BCUT2D eigenvalue weighted by Gasteiger charge is -2.31. The normalized spacial score (nSPS) is 15.1. The number of fused-ring (bicyclic) bond motifs is 1. The zero-order valence-corrected chi connectivity index (χ0v) is 24.6. The van der Waals surface area contributed by atoms with Gasteiger partial charge in [-0.05, 0) is 82.8 Å². The molecule has 3 N–H and O–H groups in total. The van der Waals surface area contributed by atoms with Crippen molar-refractivity contribution in [3.8, 4) is 22.3 Å². The van der Waals surface area contributed by atoms with Gasteiger partial charge in [0.05, 0.1) is 6.54 Å². The van der Waals surface area contributed by atoms with Gasteiger partial charge >= 0.3 is 0 Å². The number of rotatable bonds is 9. The van der Waals surface area contributed by atoms with Crippen LogP contribution in [0.2, 0.25) is 0 Å². The number of aromatic nitrogens is 1. The molecule has 45 heavy (non-hydrogen) atoms. The molecule has 1 aliphatic rings. The van der Waals surface area contributed by atoms with E-state index in [1.165, 1.54) is 18.2 Å². The van der Waals surface area contributed by atoms with Gasteiger partial charge in [0.2, 0.25) is 5.91 Å². The van der Waals surface area contributed by atoms with E-state index in [1.54, 1.807) is 36.5 Å². The average molecular weight is 611 g/mol. The first-order valence-corrected chi connectivity index (χ1v) is 14.9. The van der Waals surface area contributed by atoms with Crippen molar-refractivity contribution in [1.82, 2.24) is 15.2 Å². The van der Waals surface area contributed by atoms with Gasteiger partial charge in [-0.1, -0.05) is 36.4 Å². The Morgan fingerprint density at radius 3 is 2.40 bits per heavy atom. The monoisotopic (exact) mass is 610 g/mol. The molecule has 1 aliphatic heterocycles. The van der Waals surface area contributed by atoms with Crippen molar-refractivity contribution < 1.29 is 22.4 Å². The van der Waals surface area contributed by atoms with Gasteiger partial charge in [-0.3, -0.25) is 4.79 Å². The van der Waals surface area contributed by atoms with E-state index >= 15 is 0 Å². The van der Waals surface area contributed by atoms with Gasteiger partial charge < -0.3 is 20.4 Å². The lowest BCUT2D eigenvalue weighted by atomic mass is 9.96. The molecule has 0 spiro atoms. The highest BCUT2D eigenvalue weighted by molar-refractivity contribution is 5.97. The largest absolute Gasteiger partial charge is 0.459 e. The molecule has 0 bridgehead atoms. The van der Waals surface area contributed by atoms with Gasteiger partial charge in [0.1, 0.15) is 23.0 Å². The van der Waals surface area contributed by atoms with Crippen LogP contribution in [0.4, 0.5) is 19.0 Å². The number of likely N-dealkylation sites (tertiary alicyclic amines) is 1. The first kappa shape index (κ1) is 30.1. The van der Waals surface area contributed by atoms with Crippen molar-refractivity contribution >= 4 is 28.8 Å². The maximum Gasteiger partial charge on any atom is 0.250 e. The summed E-state index contributed by atoms with van der Waals surface area (Å²) in [5, 5.41) is 3.70. The summed E-state index contributed by atoms with van der Waals surface area (Å²) in [6.07, 6.45) is 5.29. The number of nitrogen functional groups attached to an aromatic ring is 1. The van der Waals surface area contributed by atoms with Crippen LogP contribution in [0.25, 0.3) is 39.3 Å². The van der Waals surface area contributed by atoms with Crippen LogP contribution in [0.15, 0.2) is 95.6 Å². The number of carbonyl (C=O) groups is 1. The first-order valence-electron chi connectivity index (χ1n) is 14.9. The Labute approximate surface area is 259 Å². The van der Waals surface area contributed by atoms with E-state index in [2.05, 4.69) is 39.5 Å². The predicted octanol–water partition coefficient (Wildman–Crippen LogP) is 7.49. The number of nitrogens with one attached hydrogen (secondary N) is 1. The number of amides is 1. The summed E-state index contributed by atoms with van der Waals surface area (Å²) in [4.78, 5) is 18.6. The number of pyridine rings is 1. The SMILES string of the molecule is Nc1ccc(/C=C/C(=O)NCc2cc3cc(-c4ccc(CCN5CCC(F)(F)CC5)cc4)cc(-c4ccc(F)cc4)c3o2)cn1. The highest BCUT2D eigenvalue weighted by atomic mass is 19.3. The third-order valence-corrected chi connectivity index (χ3v) is 8.09. The number of hydrogen-bond acceptors (Lipinski definition) is 5. The fourth-order valence-electron chi connectivity index (χ4n) is 5.48. The Morgan fingerprint density at radius 1 is 0.956 bits per heavy atom. The van der Waals surface area contributed by atoms with E-state index in [4.69, 9.17) is 10.2 Å². The molecule has 3 heterocycles. The zero-order chi connectivity index (χ0) is 31.4. The molecule has 3 aromatic carbocycles. The van der Waals surface area contributed by atoms with Crippen molar-refractivity contribution in [1.29, 1.82) is 0 Å². The van der Waals surface area contributed by atoms with Gasteiger partial charge in [-0.25, -0.2) is 18.2 Å². The lowest BCUT2D eigenvalue weighted by Crippen LogP contribution is -2.40. The molecule has 1 fully saturated rings. The fraction of sp³-hybridized carbons (Fsp3) is 0.222. The number of halogens is 3. The Kier molecular flexibility index (Phi) is 8.71. The van der Waals surface area contributed by atoms with Crippen LogP contribution in [-0.2, 0) is 17.8 Å². The molecule has 5 aromatic rings. The van der Waals surface area contributed by atoms with E-state index in [0.717, 1.165) is 51.7 Å². The number of nitrogens with zero attached hydrogens (tertiary/aromatic N) is 2. The number of anilines is 1. The van der Waals surface area contributed by atoms with Gasteiger partial charge in [0.25, 0.3) is 5.92 Å². The van der Waals surface area contributed by atoms with Gasteiger partial charge in [0, 0.05) is 55.7 Å². The molecule has 0 unspecified atom stereocenters. The molecule has 9 heteroatoms. The molecular formula is C36H33F3N4O2. The molecule has 1 saturated heterocycles. The summed E-state index contributed by atoms with van der Waals surface area (Å²) < 4.78 is 47.0. The Bertz CT molecular complexity index is 1800. The van der Waals surface area contributed by atoms with E-state index in [-0.39, 0.29) is 31.1 Å². The number of furan rings is 1. The quantitative estimate of drug-likeness (QED) is 0.169. The molecule has 6 rings (SSSR count). The van der Waals surface area contributed by atoms with Crippen LogP contribution in [0, 0.1) is 5.82 Å². The highest BCUT2D eigenvalue weighted by Crippen LogP contribution is 2.36. The molecule has 0 saturated carbocycles. The van der Waals surface area contributed by atoms with Crippen LogP contribution in [-0.4, -0.2) is 41.3 Å². The minimum Gasteiger partial charge on any atom is -0.459 e. The van der Waals surface area contributed by atoms with Crippen molar-refractivity contribution in [3.05, 3.63) is 114 Å². The zero-order valence-electron chi connectivity index (χ0n) is 24.6. The fourth-order valence-corrected chi connectivity index (χ4v) is 5.48. The van der Waals surface area contributed by atoms with Gasteiger partial charge in [-0.2, -0.15) is 0 Å². The van der Waals surface area contributed by atoms with Crippen molar-refractivity contribution in [2.24, 2.45) is 0 Å². The third-order valence-electron chi connectivity index (χ3n) is 8.09. The molecule has 6 nitrogen and oxygen atoms in total. The summed E-state index contributed by atoms with van der Waals surface area (Å²) in [5.74, 6) is -2.17. The number of piperidine rings is 1. The molecular weight excluding hydrogens is 577 g/mol. The second-order valence-electron chi connectivity index (χ2n) is 11.4. The molecule has 0 atom stereocenters. The van der Waals surface area contributed by atoms with Crippen LogP contribution in [0.3, 0.4) is 0 Å². The second kappa shape index (κ2) is 13.0. The van der Waals surface area contributed by atoms with Crippen molar-refractivity contribution in [2.45, 2.75) is 31.7 Å². The van der Waals surface area contributed by atoms with Gasteiger partial charge in [0.15, 0.2) is 0 Å². The molecule has 0 aliphatic carbocycles. The maximum absolute atomic E-state index is 13.8. The Balaban J connectivity index is 1.20. The second-order valence-corrected chi connectivity index (χ2v) is 11.4. The lowest BCUT2D eigenvalue weighted by molar-refractivity contribution is -0.116. The topological polar surface area (TPSA) is 84.4 Å². The molecule has 1 amide bonds. The maximum atomic E-state index is 13.8. The van der Waals surface area contributed by atoms with Crippen LogP contribution in [0.1, 0.15) is 29.7 Å². The van der Waals surface area contributed by atoms with E-state index < -0.39 is 5.92 Å². The minimum atomic E-state index is -2.54. The summed E-state index contributed by atoms with van der Waals surface area (Å²) in [6.45, 7) is 1.77. The van der Waals surface area contributed by atoms with Crippen LogP contribution < -0.4 is 11.1 Å². The van der Waals surface area contributed by atoms with E-state index in [0.29, 0.717) is 30.3 Å². The van der Waals surface area contributed by atoms with Crippen LogP contribution in [0.5, 0.6) is 0 Å². The van der Waals surface area contributed by atoms with E-state index in [1.807, 2.05) is 18.2 Å². The van der Waals surface area contributed by atoms with Gasteiger partial charge in [-0.15, -0.1) is 0 Å². The molecule has 230 valence electrons. The van der Waals surface area contributed by atoms with Crippen molar-refractivity contribution in [2.75, 3.05) is 25.4 Å². The molecule has 2 aromatic heterocycles. The number of nitrogens with two attached hydrogens (primary N) is 1. The number of carbonyl (C=O) groups excluding carboxylic acids is 1. The highest BCUT2D eigenvalue weighted by Gasteiger charge is 2.33. The summed E-state index contributed by atoms with van der Waals surface area (Å²) in [5.41, 5.74) is 11.7. The third kappa shape index (κ3) is 7.61. The standard InChI is InChI=1S/C36H33F3N4O2/c37-30-9-7-27(8-10-30)32-21-28(26-5-1-24(2-6-26)13-16-43-17-14-36(38,39)15-18-43)19-29-20-31(45-35(29)32)23-42-34(44)12-4-25-3-11-33(40)41-22-25/h1-12,19-22H,13-18,23H2,(H2,40,41)(H,42,44)/b12-4+. The average Bonchev–Trinajstić information content (AvgIpc) is 3.46. The Hall–Kier alpha value is -4.89. The van der Waals surface area contributed by atoms with Crippen LogP contribution >= 0.6 is 0 Å². The smallest absolute Gasteiger partial charge is 0.250 e. The number of alkyl halides is 2.